The Balaban J connectivity index is 1.92. The van der Waals surface area contributed by atoms with Crippen LogP contribution in [0.25, 0.3) is 0 Å². The van der Waals surface area contributed by atoms with Crippen LogP contribution in [-0.4, -0.2) is 35.7 Å². The van der Waals surface area contributed by atoms with Crippen molar-refractivity contribution >= 4 is 5.91 Å². The van der Waals surface area contributed by atoms with Gasteiger partial charge >= 0.3 is 0 Å². The van der Waals surface area contributed by atoms with Crippen LogP contribution >= 0.6 is 0 Å². The average molecular weight is 249 g/mol. The monoisotopic (exact) mass is 249 g/mol. The second kappa shape index (κ2) is 5.87. The fourth-order valence-electron chi connectivity index (χ4n) is 2.13. The first-order chi connectivity index (χ1) is 8.66. The summed E-state index contributed by atoms with van der Waals surface area (Å²) in [7, 11) is 1.78. The van der Waals surface area contributed by atoms with Gasteiger partial charge in [0.25, 0.3) is 5.91 Å². The second-order valence-electron chi connectivity index (χ2n) is 4.72. The zero-order valence-electron chi connectivity index (χ0n) is 10.6. The molecule has 1 heterocycles. The summed E-state index contributed by atoms with van der Waals surface area (Å²) in [5.74, 6) is 0.283. The molecule has 1 amide bonds. The molecule has 1 saturated heterocycles. The van der Waals surface area contributed by atoms with Gasteiger partial charge in [0, 0.05) is 20.2 Å². The molecular weight excluding hydrogens is 230 g/mol. The SMILES string of the molecule is CN(Cc1ccc(O)cc1)C(=O)C1CCCCO1. The number of likely N-dealkylation sites (N-methyl/N-ethyl adjacent to an activating group) is 1. The Morgan fingerprint density at radius 1 is 1.39 bits per heavy atom. The molecule has 1 atom stereocenters. The molecule has 18 heavy (non-hydrogen) atoms. The number of hydrogen-bond acceptors (Lipinski definition) is 3. The molecule has 0 spiro atoms. The number of hydrogen-bond donors (Lipinski definition) is 1. The molecule has 0 bridgehead atoms. The highest BCUT2D eigenvalue weighted by molar-refractivity contribution is 5.80. The highest BCUT2D eigenvalue weighted by atomic mass is 16.5. The number of nitrogens with zero attached hydrogens (tertiary/aromatic N) is 1. The van der Waals surface area contributed by atoms with Crippen LogP contribution in [-0.2, 0) is 16.1 Å². The van der Waals surface area contributed by atoms with Crippen molar-refractivity contribution in [3.8, 4) is 5.75 Å². The highest BCUT2D eigenvalue weighted by Crippen LogP contribution is 2.16. The minimum atomic E-state index is -0.277. The van der Waals surface area contributed by atoms with E-state index in [0.717, 1.165) is 24.8 Å². The number of ether oxygens (including phenoxy) is 1. The summed E-state index contributed by atoms with van der Waals surface area (Å²) in [6.45, 7) is 1.22. The topological polar surface area (TPSA) is 49.8 Å². The number of phenolic OH excluding ortho intramolecular Hbond substituents is 1. The highest BCUT2D eigenvalue weighted by Gasteiger charge is 2.24. The van der Waals surface area contributed by atoms with E-state index in [0.29, 0.717) is 13.2 Å². The quantitative estimate of drug-likeness (QED) is 0.890. The predicted molar refractivity (Wildman–Crippen MR) is 68.2 cm³/mol. The lowest BCUT2D eigenvalue weighted by atomic mass is 10.1. The predicted octanol–water partition coefficient (Wildman–Crippen LogP) is 1.92. The van der Waals surface area contributed by atoms with Crippen molar-refractivity contribution in [2.45, 2.75) is 31.9 Å². The molecule has 1 aliphatic rings. The van der Waals surface area contributed by atoms with E-state index in [-0.39, 0.29) is 17.8 Å². The molecule has 4 nitrogen and oxygen atoms in total. The number of phenols is 1. The summed E-state index contributed by atoms with van der Waals surface area (Å²) < 4.78 is 5.49. The Bertz CT molecular complexity index is 396. The Labute approximate surface area is 107 Å². The molecule has 98 valence electrons. The zero-order chi connectivity index (χ0) is 13.0. The minimum absolute atomic E-state index is 0.0442. The van der Waals surface area contributed by atoms with Crippen LogP contribution in [0.5, 0.6) is 5.75 Å². The molecule has 0 radical (unpaired) electrons. The van der Waals surface area contributed by atoms with Gasteiger partial charge in [0.2, 0.25) is 0 Å². The number of benzene rings is 1. The molecule has 4 heteroatoms. The Morgan fingerprint density at radius 2 is 2.11 bits per heavy atom. The molecular formula is C14H19NO3. The summed E-state index contributed by atoms with van der Waals surface area (Å²) in [5, 5.41) is 9.20. The van der Waals surface area contributed by atoms with E-state index in [4.69, 9.17) is 4.74 Å². The van der Waals surface area contributed by atoms with Crippen molar-refractivity contribution in [3.05, 3.63) is 29.8 Å². The van der Waals surface area contributed by atoms with Crippen molar-refractivity contribution in [2.24, 2.45) is 0 Å². The van der Waals surface area contributed by atoms with Crippen molar-refractivity contribution < 1.29 is 14.6 Å². The van der Waals surface area contributed by atoms with Gasteiger partial charge in [0.05, 0.1) is 0 Å². The Morgan fingerprint density at radius 3 is 2.72 bits per heavy atom. The molecule has 1 aliphatic heterocycles. The summed E-state index contributed by atoms with van der Waals surface area (Å²) in [6, 6.07) is 6.90. The molecule has 1 aromatic rings. The van der Waals surface area contributed by atoms with Gasteiger partial charge in [-0.3, -0.25) is 4.79 Å². The van der Waals surface area contributed by atoms with E-state index in [2.05, 4.69) is 0 Å². The molecule has 1 N–H and O–H groups in total. The molecule has 1 fully saturated rings. The smallest absolute Gasteiger partial charge is 0.251 e. The maximum Gasteiger partial charge on any atom is 0.251 e. The van der Waals surface area contributed by atoms with Crippen LogP contribution in [0.2, 0.25) is 0 Å². The van der Waals surface area contributed by atoms with Crippen molar-refractivity contribution in [1.29, 1.82) is 0 Å². The lowest BCUT2D eigenvalue weighted by molar-refractivity contribution is -0.145. The van der Waals surface area contributed by atoms with Crippen LogP contribution in [0.15, 0.2) is 24.3 Å². The fourth-order valence-corrected chi connectivity index (χ4v) is 2.13. The summed E-state index contributed by atoms with van der Waals surface area (Å²) >= 11 is 0. The van der Waals surface area contributed by atoms with E-state index in [1.165, 1.54) is 0 Å². The number of aromatic hydroxyl groups is 1. The second-order valence-corrected chi connectivity index (χ2v) is 4.72. The van der Waals surface area contributed by atoms with E-state index >= 15 is 0 Å². The van der Waals surface area contributed by atoms with Crippen LogP contribution in [0.3, 0.4) is 0 Å². The number of amides is 1. The fraction of sp³-hybridized carbons (Fsp3) is 0.500. The van der Waals surface area contributed by atoms with Gasteiger partial charge in [-0.1, -0.05) is 12.1 Å². The van der Waals surface area contributed by atoms with Gasteiger partial charge in [-0.05, 0) is 37.0 Å². The van der Waals surface area contributed by atoms with E-state index in [1.807, 2.05) is 12.1 Å². The normalized spacial score (nSPS) is 19.5. The standard InChI is InChI=1S/C14H19NO3/c1-15(10-11-5-7-12(16)8-6-11)14(17)13-4-2-3-9-18-13/h5-8,13,16H,2-4,9-10H2,1H3. The number of rotatable bonds is 3. The van der Waals surface area contributed by atoms with Gasteiger partial charge in [-0.25, -0.2) is 0 Å². The first kappa shape index (κ1) is 12.9. The largest absolute Gasteiger partial charge is 0.508 e. The summed E-state index contributed by atoms with van der Waals surface area (Å²) in [5.41, 5.74) is 0.999. The van der Waals surface area contributed by atoms with E-state index in [1.54, 1.807) is 24.1 Å². The average Bonchev–Trinajstić information content (AvgIpc) is 2.41. The molecule has 0 saturated carbocycles. The van der Waals surface area contributed by atoms with Gasteiger partial charge in [0.15, 0.2) is 0 Å². The maximum atomic E-state index is 12.1. The maximum absolute atomic E-state index is 12.1. The molecule has 2 rings (SSSR count). The summed E-state index contributed by atoms with van der Waals surface area (Å²) in [4.78, 5) is 13.8. The molecule has 0 aliphatic carbocycles. The first-order valence-electron chi connectivity index (χ1n) is 6.31. The van der Waals surface area contributed by atoms with Gasteiger partial charge in [-0.2, -0.15) is 0 Å². The van der Waals surface area contributed by atoms with Gasteiger partial charge in [-0.15, -0.1) is 0 Å². The summed E-state index contributed by atoms with van der Waals surface area (Å²) in [6.07, 6.45) is 2.65. The van der Waals surface area contributed by atoms with Crippen LogP contribution in [0.4, 0.5) is 0 Å². The third-order valence-corrected chi connectivity index (χ3v) is 3.19. The van der Waals surface area contributed by atoms with Crippen LogP contribution < -0.4 is 0 Å². The lowest BCUT2D eigenvalue weighted by Crippen LogP contribution is -2.39. The third kappa shape index (κ3) is 3.23. The number of carbonyl (C=O) groups excluding carboxylic acids is 1. The Kier molecular flexibility index (Phi) is 4.20. The van der Waals surface area contributed by atoms with Gasteiger partial charge < -0.3 is 14.7 Å². The lowest BCUT2D eigenvalue weighted by Gasteiger charge is -2.26. The van der Waals surface area contributed by atoms with E-state index < -0.39 is 0 Å². The van der Waals surface area contributed by atoms with Crippen molar-refractivity contribution in [1.82, 2.24) is 4.90 Å². The van der Waals surface area contributed by atoms with Crippen LogP contribution in [0.1, 0.15) is 24.8 Å². The van der Waals surface area contributed by atoms with E-state index in [9.17, 15) is 9.90 Å². The van der Waals surface area contributed by atoms with Gasteiger partial charge in [0.1, 0.15) is 11.9 Å². The van der Waals surface area contributed by atoms with Crippen molar-refractivity contribution in [3.63, 3.8) is 0 Å². The van der Waals surface area contributed by atoms with Crippen LogP contribution in [0, 0.1) is 0 Å². The third-order valence-electron chi connectivity index (χ3n) is 3.19. The van der Waals surface area contributed by atoms with Crippen molar-refractivity contribution in [2.75, 3.05) is 13.7 Å². The molecule has 1 aromatic carbocycles. The molecule has 0 aromatic heterocycles. The molecule has 1 unspecified atom stereocenters. The minimum Gasteiger partial charge on any atom is -0.508 e. The number of carbonyl (C=O) groups is 1. The Hall–Kier alpha value is -1.55. The zero-order valence-corrected chi connectivity index (χ0v) is 10.6. The first-order valence-corrected chi connectivity index (χ1v) is 6.31.